The first-order valence-corrected chi connectivity index (χ1v) is 10.1. The van der Waals surface area contributed by atoms with Crippen molar-refractivity contribution in [3.8, 4) is 0 Å². The van der Waals surface area contributed by atoms with Crippen molar-refractivity contribution in [2.75, 3.05) is 6.61 Å². The van der Waals surface area contributed by atoms with Gasteiger partial charge in [0.05, 0.1) is 6.10 Å². The molecule has 154 valence electrons. The van der Waals surface area contributed by atoms with Gasteiger partial charge in [-0.05, 0) is 51.0 Å². The largest absolute Gasteiger partial charge is 0.390 e. The number of aliphatic hydroxyl groups excluding tert-OH is 2. The first kappa shape index (κ1) is 19.9. The van der Waals surface area contributed by atoms with Gasteiger partial charge < -0.3 is 15.3 Å². The standard InChI is InChI=1S/C22H29FO5/c1-12-9-19(2)13(8-16(12)25)4-5-15-14-6-7-21(28,18(27)11-24)20(14,3)10-17(26)22(15,19)23/h4,9,14-15,17,24,26,28H,5-8,10-11H2,1-3H3/t14-,15-,17?,19-,20-,21-,22-/m0/s1. The molecule has 1 unspecified atom stereocenters. The van der Waals surface area contributed by atoms with Gasteiger partial charge >= 0.3 is 0 Å². The lowest BCUT2D eigenvalue weighted by molar-refractivity contribution is -0.212. The molecule has 0 aromatic heterocycles. The van der Waals surface area contributed by atoms with Gasteiger partial charge in [0, 0.05) is 23.2 Å². The van der Waals surface area contributed by atoms with E-state index in [4.69, 9.17) is 0 Å². The highest BCUT2D eigenvalue weighted by molar-refractivity contribution is 5.98. The number of rotatable bonds is 2. The van der Waals surface area contributed by atoms with E-state index >= 15 is 4.39 Å². The molecular formula is C22H29FO5. The highest BCUT2D eigenvalue weighted by Gasteiger charge is 2.73. The van der Waals surface area contributed by atoms with E-state index in [2.05, 4.69) is 0 Å². The number of halogens is 1. The first-order valence-electron chi connectivity index (χ1n) is 10.1. The molecule has 28 heavy (non-hydrogen) atoms. The number of hydrogen-bond donors (Lipinski definition) is 3. The van der Waals surface area contributed by atoms with Gasteiger partial charge in [-0.2, -0.15) is 0 Å². The molecule has 0 radical (unpaired) electrons. The number of hydrogen-bond acceptors (Lipinski definition) is 5. The SMILES string of the molecule is CC1=C[C@@]2(C)C(=CC[C@H]3[C@@H]4CC[C@](O)(C(=O)CO)[C@@]4(C)CC(O)[C@@]32F)CC1=O. The van der Waals surface area contributed by atoms with Gasteiger partial charge in [0.15, 0.2) is 17.2 Å². The minimum Gasteiger partial charge on any atom is -0.390 e. The predicted molar refractivity (Wildman–Crippen MR) is 100 cm³/mol. The molecule has 0 bridgehead atoms. The van der Waals surface area contributed by atoms with Crippen LogP contribution in [0.25, 0.3) is 0 Å². The molecule has 0 spiro atoms. The quantitative estimate of drug-likeness (QED) is 0.625. The predicted octanol–water partition coefficient (Wildman–Crippen LogP) is 2.04. The molecule has 0 aromatic carbocycles. The van der Waals surface area contributed by atoms with Gasteiger partial charge in [-0.1, -0.05) is 24.6 Å². The van der Waals surface area contributed by atoms with Crippen LogP contribution >= 0.6 is 0 Å². The van der Waals surface area contributed by atoms with Crippen molar-refractivity contribution >= 4 is 11.6 Å². The summed E-state index contributed by atoms with van der Waals surface area (Å²) in [6, 6.07) is 0. The number of Topliss-reactive ketones (excluding diaryl/α,β-unsaturated/α-hetero) is 2. The third-order valence-corrected chi connectivity index (χ3v) is 8.69. The fourth-order valence-corrected chi connectivity index (χ4v) is 7.00. The Morgan fingerprint density at radius 1 is 1.32 bits per heavy atom. The molecule has 4 aliphatic rings. The summed E-state index contributed by atoms with van der Waals surface area (Å²) in [5.41, 5.74) is -4.60. The minimum absolute atomic E-state index is 0.0234. The van der Waals surface area contributed by atoms with Crippen molar-refractivity contribution in [3.05, 3.63) is 23.3 Å². The molecule has 2 fully saturated rings. The molecule has 2 saturated carbocycles. The van der Waals surface area contributed by atoms with Gasteiger partial charge in [0.1, 0.15) is 12.2 Å². The average molecular weight is 392 g/mol. The van der Waals surface area contributed by atoms with Crippen molar-refractivity contribution in [2.24, 2.45) is 22.7 Å². The third kappa shape index (κ3) is 2.06. The number of carbonyl (C=O) groups excluding carboxylic acids is 2. The van der Waals surface area contributed by atoms with Crippen molar-refractivity contribution in [3.63, 3.8) is 0 Å². The van der Waals surface area contributed by atoms with E-state index in [1.165, 1.54) is 0 Å². The van der Waals surface area contributed by atoms with Crippen LogP contribution < -0.4 is 0 Å². The Bertz CT molecular complexity index is 818. The van der Waals surface area contributed by atoms with E-state index in [1.807, 2.05) is 6.08 Å². The number of alkyl halides is 1. The second kappa shape index (κ2) is 5.83. The summed E-state index contributed by atoms with van der Waals surface area (Å²) < 4.78 is 16.9. The maximum Gasteiger partial charge on any atom is 0.190 e. The summed E-state index contributed by atoms with van der Waals surface area (Å²) in [4.78, 5) is 24.6. The Morgan fingerprint density at radius 2 is 2.00 bits per heavy atom. The van der Waals surface area contributed by atoms with E-state index in [1.54, 1.807) is 26.8 Å². The first-order chi connectivity index (χ1) is 13.0. The Hall–Kier alpha value is -1.37. The summed E-state index contributed by atoms with van der Waals surface area (Å²) in [6.07, 6.45) is 3.30. The Balaban J connectivity index is 1.84. The van der Waals surface area contributed by atoms with Crippen LogP contribution in [0.5, 0.6) is 0 Å². The lowest BCUT2D eigenvalue weighted by Gasteiger charge is -2.62. The minimum atomic E-state index is -1.98. The van der Waals surface area contributed by atoms with Gasteiger partial charge in [0.2, 0.25) is 0 Å². The van der Waals surface area contributed by atoms with Crippen LogP contribution in [0.15, 0.2) is 23.3 Å². The molecule has 0 amide bonds. The van der Waals surface area contributed by atoms with E-state index < -0.39 is 46.5 Å². The topological polar surface area (TPSA) is 94.8 Å². The Kier molecular flexibility index (Phi) is 4.15. The van der Waals surface area contributed by atoms with Crippen LogP contribution in [-0.4, -0.2) is 50.9 Å². The van der Waals surface area contributed by atoms with Crippen molar-refractivity contribution in [1.82, 2.24) is 0 Å². The maximum atomic E-state index is 16.9. The second-order valence-electron chi connectivity index (χ2n) is 9.69. The summed E-state index contributed by atoms with van der Waals surface area (Å²) in [6.45, 7) is 4.41. The number of aliphatic hydroxyl groups is 3. The van der Waals surface area contributed by atoms with Crippen molar-refractivity contribution < 1.29 is 29.3 Å². The molecule has 5 nitrogen and oxygen atoms in total. The normalized spacial score (nSPS) is 50.2. The van der Waals surface area contributed by atoms with Crippen molar-refractivity contribution in [2.45, 2.75) is 70.2 Å². The monoisotopic (exact) mass is 392 g/mol. The third-order valence-electron chi connectivity index (χ3n) is 8.69. The molecule has 7 atom stereocenters. The number of fused-ring (bicyclic) bond motifs is 5. The van der Waals surface area contributed by atoms with Crippen LogP contribution in [0, 0.1) is 22.7 Å². The highest BCUT2D eigenvalue weighted by Crippen LogP contribution is 2.69. The smallest absolute Gasteiger partial charge is 0.190 e. The Morgan fingerprint density at radius 3 is 2.64 bits per heavy atom. The van der Waals surface area contributed by atoms with Crippen LogP contribution in [0.2, 0.25) is 0 Å². The van der Waals surface area contributed by atoms with Crippen molar-refractivity contribution in [1.29, 1.82) is 0 Å². The summed E-state index contributed by atoms with van der Waals surface area (Å²) in [5.74, 6) is -1.56. The molecule has 0 aliphatic heterocycles. The van der Waals surface area contributed by atoms with Crippen LogP contribution in [0.4, 0.5) is 4.39 Å². The zero-order chi connectivity index (χ0) is 20.7. The summed E-state index contributed by atoms with van der Waals surface area (Å²) in [5, 5.41) is 31.7. The number of allylic oxidation sites excluding steroid dienone is 4. The van der Waals surface area contributed by atoms with E-state index in [0.717, 1.165) is 0 Å². The number of ketones is 2. The molecule has 0 aromatic rings. The molecule has 0 saturated heterocycles. The second-order valence-corrected chi connectivity index (χ2v) is 9.69. The van der Waals surface area contributed by atoms with Gasteiger partial charge in [-0.25, -0.2) is 4.39 Å². The van der Waals surface area contributed by atoms with Crippen LogP contribution in [0.1, 0.15) is 52.9 Å². The molecule has 0 heterocycles. The molecular weight excluding hydrogens is 363 g/mol. The average Bonchev–Trinajstić information content (AvgIpc) is 2.89. The van der Waals surface area contributed by atoms with Gasteiger partial charge in [0.25, 0.3) is 0 Å². The number of carbonyl (C=O) groups is 2. The molecule has 3 N–H and O–H groups in total. The zero-order valence-electron chi connectivity index (χ0n) is 16.7. The molecule has 6 heteroatoms. The van der Waals surface area contributed by atoms with Crippen LogP contribution in [-0.2, 0) is 9.59 Å². The zero-order valence-corrected chi connectivity index (χ0v) is 16.7. The summed E-state index contributed by atoms with van der Waals surface area (Å²) in [7, 11) is 0. The van der Waals surface area contributed by atoms with E-state index in [9.17, 15) is 24.9 Å². The lowest BCUT2D eigenvalue weighted by atomic mass is 9.45. The van der Waals surface area contributed by atoms with Gasteiger partial charge in [-0.3, -0.25) is 9.59 Å². The van der Waals surface area contributed by atoms with Crippen LogP contribution in [0.3, 0.4) is 0 Å². The Labute approximate surface area is 164 Å². The lowest BCUT2D eigenvalue weighted by Crippen LogP contribution is -2.68. The fourth-order valence-electron chi connectivity index (χ4n) is 7.00. The molecule has 4 rings (SSSR count). The van der Waals surface area contributed by atoms with E-state index in [-0.39, 0.29) is 31.0 Å². The highest BCUT2D eigenvalue weighted by atomic mass is 19.1. The summed E-state index contributed by atoms with van der Waals surface area (Å²) >= 11 is 0. The molecule has 4 aliphatic carbocycles. The maximum absolute atomic E-state index is 16.9. The van der Waals surface area contributed by atoms with E-state index in [0.29, 0.717) is 24.0 Å². The van der Waals surface area contributed by atoms with Gasteiger partial charge in [-0.15, -0.1) is 0 Å². The fraction of sp³-hybridized carbons (Fsp3) is 0.727.